The molecular formula is C17H18N4O5S2. The molecule has 0 bridgehead atoms. The summed E-state index contributed by atoms with van der Waals surface area (Å²) in [5, 5.41) is 16.7. The molecule has 1 aliphatic rings. The van der Waals surface area contributed by atoms with Gasteiger partial charge in [-0.3, -0.25) is 10.1 Å². The third-order valence-electron chi connectivity index (χ3n) is 4.04. The van der Waals surface area contributed by atoms with Crippen molar-refractivity contribution >= 4 is 44.4 Å². The molecule has 2 aromatic rings. The number of nitro groups is 1. The summed E-state index contributed by atoms with van der Waals surface area (Å²) in [6, 6.07) is 12.2. The van der Waals surface area contributed by atoms with Gasteiger partial charge in [-0.25, -0.2) is 8.42 Å². The number of sulfonamides is 1. The Labute approximate surface area is 167 Å². The van der Waals surface area contributed by atoms with Gasteiger partial charge in [0.1, 0.15) is 0 Å². The van der Waals surface area contributed by atoms with Crippen LogP contribution in [0.3, 0.4) is 0 Å². The number of hydrogen-bond acceptors (Lipinski definition) is 6. The van der Waals surface area contributed by atoms with E-state index in [1.807, 2.05) is 0 Å². The van der Waals surface area contributed by atoms with E-state index in [1.165, 1.54) is 40.7 Å². The molecule has 148 valence electrons. The number of non-ortho nitro benzene ring substituents is 1. The van der Waals surface area contributed by atoms with E-state index in [0.29, 0.717) is 37.7 Å². The van der Waals surface area contributed by atoms with Crippen LogP contribution in [0.15, 0.2) is 53.4 Å². The summed E-state index contributed by atoms with van der Waals surface area (Å²) in [5.41, 5.74) is 1.05. The Hall–Kier alpha value is -2.60. The van der Waals surface area contributed by atoms with Crippen molar-refractivity contribution in [1.29, 1.82) is 0 Å². The van der Waals surface area contributed by atoms with Gasteiger partial charge in [0.2, 0.25) is 10.0 Å². The van der Waals surface area contributed by atoms with Gasteiger partial charge in [0.05, 0.1) is 23.0 Å². The fourth-order valence-electron chi connectivity index (χ4n) is 2.63. The molecule has 1 fully saturated rings. The summed E-state index contributed by atoms with van der Waals surface area (Å²) in [5.74, 6) is 0. The Morgan fingerprint density at radius 3 is 2.36 bits per heavy atom. The van der Waals surface area contributed by atoms with Crippen LogP contribution in [0.1, 0.15) is 0 Å². The lowest BCUT2D eigenvalue weighted by Gasteiger charge is -2.26. The lowest BCUT2D eigenvalue weighted by atomic mass is 10.3. The second-order valence-corrected chi connectivity index (χ2v) is 8.27. The zero-order valence-electron chi connectivity index (χ0n) is 14.7. The average Bonchev–Trinajstić information content (AvgIpc) is 2.69. The highest BCUT2D eigenvalue weighted by Crippen LogP contribution is 2.21. The van der Waals surface area contributed by atoms with Gasteiger partial charge >= 0.3 is 0 Å². The number of nitro benzene ring substituents is 1. The minimum atomic E-state index is -3.61. The quantitative estimate of drug-likeness (QED) is 0.429. The minimum absolute atomic E-state index is 0.0227. The van der Waals surface area contributed by atoms with Crippen LogP contribution in [0.25, 0.3) is 0 Å². The molecule has 0 spiro atoms. The van der Waals surface area contributed by atoms with Gasteiger partial charge in [-0.1, -0.05) is 6.07 Å². The number of nitrogens with zero attached hydrogens (tertiary/aromatic N) is 2. The largest absolute Gasteiger partial charge is 0.379 e. The molecule has 1 aliphatic heterocycles. The summed E-state index contributed by atoms with van der Waals surface area (Å²) in [6.07, 6.45) is 0. The highest BCUT2D eigenvalue weighted by Gasteiger charge is 2.26. The fraction of sp³-hybridized carbons (Fsp3) is 0.235. The number of ether oxygens (including phenoxy) is 1. The number of nitrogens with one attached hydrogen (secondary N) is 2. The minimum Gasteiger partial charge on any atom is -0.379 e. The van der Waals surface area contributed by atoms with Crippen LogP contribution in [0.4, 0.5) is 17.1 Å². The number of hydrogen-bond donors (Lipinski definition) is 2. The van der Waals surface area contributed by atoms with E-state index in [9.17, 15) is 18.5 Å². The number of thiocarbonyl (C=S) groups is 1. The molecule has 28 heavy (non-hydrogen) atoms. The number of morpholine rings is 1. The van der Waals surface area contributed by atoms with Gasteiger partial charge in [-0.15, -0.1) is 0 Å². The van der Waals surface area contributed by atoms with Crippen LogP contribution >= 0.6 is 12.2 Å². The highest BCUT2D eigenvalue weighted by molar-refractivity contribution is 7.89. The summed E-state index contributed by atoms with van der Waals surface area (Å²) >= 11 is 5.23. The molecule has 3 rings (SSSR count). The number of benzene rings is 2. The summed E-state index contributed by atoms with van der Waals surface area (Å²) < 4.78 is 32.1. The SMILES string of the molecule is O=[N+]([O-])c1ccc(NC(=S)Nc2cccc(S(=O)(=O)N3CCOCC3)c2)cc1. The lowest BCUT2D eigenvalue weighted by Crippen LogP contribution is -2.40. The first kappa shape index (κ1) is 20.1. The van der Waals surface area contributed by atoms with E-state index >= 15 is 0 Å². The maximum absolute atomic E-state index is 12.7. The molecule has 0 radical (unpaired) electrons. The number of rotatable bonds is 5. The molecule has 0 amide bonds. The van der Waals surface area contributed by atoms with Crippen molar-refractivity contribution in [2.75, 3.05) is 36.9 Å². The van der Waals surface area contributed by atoms with Crippen LogP contribution in [0.2, 0.25) is 0 Å². The Bertz CT molecular complexity index is 973. The Morgan fingerprint density at radius 2 is 1.71 bits per heavy atom. The van der Waals surface area contributed by atoms with Crippen LogP contribution in [0, 0.1) is 10.1 Å². The average molecular weight is 422 g/mol. The predicted octanol–water partition coefficient (Wildman–Crippen LogP) is 2.42. The first-order valence-electron chi connectivity index (χ1n) is 8.37. The smallest absolute Gasteiger partial charge is 0.269 e. The fourth-order valence-corrected chi connectivity index (χ4v) is 4.32. The summed E-state index contributed by atoms with van der Waals surface area (Å²) in [6.45, 7) is 1.39. The van der Waals surface area contributed by atoms with Gasteiger partial charge in [-0.2, -0.15) is 4.31 Å². The van der Waals surface area contributed by atoms with Gasteiger partial charge in [0.25, 0.3) is 5.69 Å². The maximum atomic E-state index is 12.7. The molecule has 0 atom stereocenters. The van der Waals surface area contributed by atoms with Crippen LogP contribution in [0.5, 0.6) is 0 Å². The molecule has 1 saturated heterocycles. The topological polar surface area (TPSA) is 114 Å². The zero-order chi connectivity index (χ0) is 20.1. The van der Waals surface area contributed by atoms with Crippen molar-refractivity contribution in [2.45, 2.75) is 4.90 Å². The van der Waals surface area contributed by atoms with Crippen LogP contribution in [-0.2, 0) is 14.8 Å². The molecule has 1 heterocycles. The van der Waals surface area contributed by atoms with Gasteiger partial charge < -0.3 is 15.4 Å². The van der Waals surface area contributed by atoms with Crippen molar-refractivity contribution in [3.8, 4) is 0 Å². The van der Waals surface area contributed by atoms with E-state index in [0.717, 1.165) is 0 Å². The number of anilines is 2. The third-order valence-corrected chi connectivity index (χ3v) is 6.13. The van der Waals surface area contributed by atoms with E-state index in [4.69, 9.17) is 17.0 Å². The Kier molecular flexibility index (Phi) is 6.19. The van der Waals surface area contributed by atoms with Gasteiger partial charge in [0, 0.05) is 36.6 Å². The van der Waals surface area contributed by atoms with Crippen molar-refractivity contribution in [3.05, 3.63) is 58.6 Å². The van der Waals surface area contributed by atoms with E-state index in [2.05, 4.69) is 10.6 Å². The van der Waals surface area contributed by atoms with Crippen LogP contribution < -0.4 is 10.6 Å². The van der Waals surface area contributed by atoms with Crippen molar-refractivity contribution < 1.29 is 18.1 Å². The molecular weight excluding hydrogens is 404 g/mol. The van der Waals surface area contributed by atoms with E-state index in [-0.39, 0.29) is 15.7 Å². The standard InChI is InChI=1S/C17H18N4O5S2/c22-21(23)15-6-4-13(5-7-15)18-17(27)19-14-2-1-3-16(12-14)28(24,25)20-8-10-26-11-9-20/h1-7,12H,8-11H2,(H2,18,19,27). The van der Waals surface area contributed by atoms with Crippen molar-refractivity contribution in [2.24, 2.45) is 0 Å². The second-order valence-electron chi connectivity index (χ2n) is 5.93. The van der Waals surface area contributed by atoms with E-state index in [1.54, 1.807) is 12.1 Å². The molecule has 0 unspecified atom stereocenters. The molecule has 2 N–H and O–H groups in total. The van der Waals surface area contributed by atoms with Gasteiger partial charge in [0.15, 0.2) is 5.11 Å². The Balaban J connectivity index is 1.68. The maximum Gasteiger partial charge on any atom is 0.269 e. The Morgan fingerprint density at radius 1 is 1.07 bits per heavy atom. The van der Waals surface area contributed by atoms with E-state index < -0.39 is 14.9 Å². The highest BCUT2D eigenvalue weighted by atomic mass is 32.2. The third kappa shape index (κ3) is 4.81. The first-order chi connectivity index (χ1) is 13.4. The van der Waals surface area contributed by atoms with Crippen molar-refractivity contribution in [3.63, 3.8) is 0 Å². The molecule has 0 aromatic heterocycles. The summed E-state index contributed by atoms with van der Waals surface area (Å²) in [4.78, 5) is 10.4. The second kappa shape index (κ2) is 8.61. The molecule has 0 aliphatic carbocycles. The predicted molar refractivity (Wildman–Crippen MR) is 109 cm³/mol. The first-order valence-corrected chi connectivity index (χ1v) is 10.2. The normalized spacial score (nSPS) is 15.0. The zero-order valence-corrected chi connectivity index (χ0v) is 16.3. The summed E-state index contributed by atoms with van der Waals surface area (Å²) in [7, 11) is -3.61. The molecule has 9 nitrogen and oxygen atoms in total. The van der Waals surface area contributed by atoms with Gasteiger partial charge in [-0.05, 0) is 42.5 Å². The molecule has 2 aromatic carbocycles. The van der Waals surface area contributed by atoms with Crippen LogP contribution in [-0.4, -0.2) is 49.1 Å². The van der Waals surface area contributed by atoms with Crippen molar-refractivity contribution in [1.82, 2.24) is 4.31 Å². The molecule has 0 saturated carbocycles. The monoisotopic (exact) mass is 422 g/mol. The lowest BCUT2D eigenvalue weighted by molar-refractivity contribution is -0.384. The molecule has 11 heteroatoms.